The second-order valence-corrected chi connectivity index (χ2v) is 8.16. The zero-order chi connectivity index (χ0) is 18.5. The number of nitrogens with one attached hydrogen (secondary N) is 1. The Balaban J connectivity index is 1.78. The SMILES string of the molecule is Cc1ccc(COc2c(Br)cc(Br)cc2CNc2ccccc2Cl)cc1. The minimum Gasteiger partial charge on any atom is -0.487 e. The highest BCUT2D eigenvalue weighted by atomic mass is 79.9. The van der Waals surface area contributed by atoms with E-state index in [1.807, 2.05) is 30.3 Å². The molecule has 3 rings (SSSR count). The maximum Gasteiger partial charge on any atom is 0.139 e. The van der Waals surface area contributed by atoms with Gasteiger partial charge in [0.15, 0.2) is 0 Å². The van der Waals surface area contributed by atoms with Gasteiger partial charge in [0.05, 0.1) is 15.2 Å². The molecule has 0 saturated carbocycles. The van der Waals surface area contributed by atoms with E-state index in [2.05, 4.69) is 74.4 Å². The van der Waals surface area contributed by atoms with Crippen LogP contribution in [-0.4, -0.2) is 0 Å². The van der Waals surface area contributed by atoms with Crippen molar-refractivity contribution in [3.05, 3.63) is 91.3 Å². The second-order valence-electron chi connectivity index (χ2n) is 5.98. The Morgan fingerprint density at radius 3 is 2.46 bits per heavy atom. The summed E-state index contributed by atoms with van der Waals surface area (Å²) in [7, 11) is 0. The molecule has 0 unspecified atom stereocenters. The summed E-state index contributed by atoms with van der Waals surface area (Å²) in [5.41, 5.74) is 4.31. The molecule has 0 amide bonds. The molecule has 3 aromatic rings. The molecule has 0 aliphatic carbocycles. The fourth-order valence-electron chi connectivity index (χ4n) is 2.54. The summed E-state index contributed by atoms with van der Waals surface area (Å²) < 4.78 is 8.03. The van der Waals surface area contributed by atoms with Gasteiger partial charge in [0.2, 0.25) is 0 Å². The molecule has 0 radical (unpaired) electrons. The third-order valence-electron chi connectivity index (χ3n) is 3.93. The van der Waals surface area contributed by atoms with Crippen LogP contribution in [0.3, 0.4) is 0 Å². The lowest BCUT2D eigenvalue weighted by atomic mass is 10.1. The van der Waals surface area contributed by atoms with Crippen molar-refractivity contribution in [2.75, 3.05) is 5.32 Å². The number of hydrogen-bond donors (Lipinski definition) is 1. The first-order chi connectivity index (χ1) is 12.5. The molecule has 0 aromatic heterocycles. The van der Waals surface area contributed by atoms with Crippen molar-refractivity contribution < 1.29 is 4.74 Å². The number of rotatable bonds is 6. The van der Waals surface area contributed by atoms with Gasteiger partial charge in [-0.2, -0.15) is 0 Å². The van der Waals surface area contributed by atoms with Gasteiger partial charge in [-0.1, -0.05) is 69.5 Å². The first kappa shape index (κ1) is 19.3. The van der Waals surface area contributed by atoms with Crippen molar-refractivity contribution >= 4 is 49.1 Å². The number of aryl methyl sites for hydroxylation is 1. The average Bonchev–Trinajstić information content (AvgIpc) is 2.61. The highest BCUT2D eigenvalue weighted by Crippen LogP contribution is 2.34. The quantitative estimate of drug-likeness (QED) is 0.386. The summed E-state index contributed by atoms with van der Waals surface area (Å²) in [6.07, 6.45) is 0. The van der Waals surface area contributed by atoms with Gasteiger partial charge >= 0.3 is 0 Å². The van der Waals surface area contributed by atoms with Crippen molar-refractivity contribution in [2.45, 2.75) is 20.1 Å². The van der Waals surface area contributed by atoms with Crippen LogP contribution >= 0.6 is 43.5 Å². The lowest BCUT2D eigenvalue weighted by molar-refractivity contribution is 0.301. The summed E-state index contributed by atoms with van der Waals surface area (Å²) in [6.45, 7) is 3.19. The van der Waals surface area contributed by atoms with Crippen LogP contribution in [0.1, 0.15) is 16.7 Å². The van der Waals surface area contributed by atoms with Gasteiger partial charge in [-0.15, -0.1) is 0 Å². The van der Waals surface area contributed by atoms with Crippen LogP contribution < -0.4 is 10.1 Å². The summed E-state index contributed by atoms with van der Waals surface area (Å²) in [6, 6.07) is 20.1. The lowest BCUT2D eigenvalue weighted by Gasteiger charge is -2.16. The third-order valence-corrected chi connectivity index (χ3v) is 5.31. The standard InChI is InChI=1S/C21H18Br2ClNO/c1-14-6-8-15(9-7-14)13-26-21-16(10-17(22)11-18(21)23)12-25-20-5-3-2-4-19(20)24/h2-11,25H,12-13H2,1H3. The molecular weight excluding hydrogens is 477 g/mol. The zero-order valence-electron chi connectivity index (χ0n) is 14.2. The maximum atomic E-state index is 6.23. The van der Waals surface area contributed by atoms with Crippen molar-refractivity contribution in [1.82, 2.24) is 0 Å². The summed E-state index contributed by atoms with van der Waals surface area (Å²) in [5.74, 6) is 0.827. The monoisotopic (exact) mass is 493 g/mol. The summed E-state index contributed by atoms with van der Waals surface area (Å²) in [4.78, 5) is 0. The van der Waals surface area contributed by atoms with E-state index in [-0.39, 0.29) is 0 Å². The first-order valence-corrected chi connectivity index (χ1v) is 10.1. The van der Waals surface area contributed by atoms with Crippen LogP contribution in [0.5, 0.6) is 5.75 Å². The molecule has 0 atom stereocenters. The second kappa shape index (κ2) is 8.94. The molecule has 2 nitrogen and oxygen atoms in total. The molecular formula is C21H18Br2ClNO. The first-order valence-electron chi connectivity index (χ1n) is 8.17. The largest absolute Gasteiger partial charge is 0.487 e. The Labute approximate surface area is 175 Å². The van der Waals surface area contributed by atoms with Gasteiger partial charge in [-0.3, -0.25) is 0 Å². The predicted molar refractivity (Wildman–Crippen MR) is 116 cm³/mol. The van der Waals surface area contributed by atoms with E-state index in [0.717, 1.165) is 31.5 Å². The van der Waals surface area contributed by atoms with Gasteiger partial charge in [0.1, 0.15) is 12.4 Å². The molecule has 1 N–H and O–H groups in total. The molecule has 3 aromatic carbocycles. The number of para-hydroxylation sites is 1. The van der Waals surface area contributed by atoms with Gasteiger partial charge < -0.3 is 10.1 Å². The normalized spacial score (nSPS) is 10.6. The molecule has 0 bridgehead atoms. The number of ether oxygens (including phenoxy) is 1. The van der Waals surface area contributed by atoms with E-state index in [9.17, 15) is 0 Å². The van der Waals surface area contributed by atoms with Crippen LogP contribution in [0.2, 0.25) is 5.02 Å². The molecule has 26 heavy (non-hydrogen) atoms. The molecule has 0 saturated heterocycles. The number of benzene rings is 3. The van der Waals surface area contributed by atoms with Crippen molar-refractivity contribution in [3.8, 4) is 5.75 Å². The Morgan fingerprint density at radius 1 is 1.00 bits per heavy atom. The van der Waals surface area contributed by atoms with Gasteiger partial charge in [0.25, 0.3) is 0 Å². The Kier molecular flexibility index (Phi) is 6.63. The number of hydrogen-bond acceptors (Lipinski definition) is 2. The smallest absolute Gasteiger partial charge is 0.139 e. The van der Waals surface area contributed by atoms with E-state index in [1.54, 1.807) is 0 Å². The van der Waals surface area contributed by atoms with E-state index in [1.165, 1.54) is 5.56 Å². The van der Waals surface area contributed by atoms with E-state index in [0.29, 0.717) is 18.2 Å². The predicted octanol–water partition coefficient (Wildman–Crippen LogP) is 7.36. The summed E-state index contributed by atoms with van der Waals surface area (Å²) >= 11 is 13.4. The van der Waals surface area contributed by atoms with E-state index >= 15 is 0 Å². The van der Waals surface area contributed by atoms with Crippen LogP contribution in [0.15, 0.2) is 69.6 Å². The van der Waals surface area contributed by atoms with Gasteiger partial charge in [-0.05, 0) is 52.7 Å². The average molecular weight is 496 g/mol. The van der Waals surface area contributed by atoms with Gasteiger partial charge in [0, 0.05) is 16.6 Å². The maximum absolute atomic E-state index is 6.23. The lowest BCUT2D eigenvalue weighted by Crippen LogP contribution is -2.05. The Morgan fingerprint density at radius 2 is 1.73 bits per heavy atom. The molecule has 0 aliphatic heterocycles. The topological polar surface area (TPSA) is 21.3 Å². The highest BCUT2D eigenvalue weighted by Gasteiger charge is 2.11. The third kappa shape index (κ3) is 5.03. The van der Waals surface area contributed by atoms with E-state index < -0.39 is 0 Å². The van der Waals surface area contributed by atoms with Crippen LogP contribution in [0, 0.1) is 6.92 Å². The number of halogens is 3. The number of anilines is 1. The molecule has 5 heteroatoms. The van der Waals surface area contributed by atoms with E-state index in [4.69, 9.17) is 16.3 Å². The van der Waals surface area contributed by atoms with Crippen LogP contribution in [0.25, 0.3) is 0 Å². The van der Waals surface area contributed by atoms with Gasteiger partial charge in [-0.25, -0.2) is 0 Å². The van der Waals surface area contributed by atoms with Crippen molar-refractivity contribution in [1.29, 1.82) is 0 Å². The highest BCUT2D eigenvalue weighted by molar-refractivity contribution is 9.11. The molecule has 0 spiro atoms. The van der Waals surface area contributed by atoms with Crippen LogP contribution in [-0.2, 0) is 13.2 Å². The fraction of sp³-hybridized carbons (Fsp3) is 0.143. The Bertz CT molecular complexity index is 897. The van der Waals surface area contributed by atoms with Crippen LogP contribution in [0.4, 0.5) is 5.69 Å². The zero-order valence-corrected chi connectivity index (χ0v) is 18.2. The van der Waals surface area contributed by atoms with Crippen molar-refractivity contribution in [3.63, 3.8) is 0 Å². The minimum atomic E-state index is 0.513. The van der Waals surface area contributed by atoms with Crippen molar-refractivity contribution in [2.24, 2.45) is 0 Å². The molecule has 0 fully saturated rings. The minimum absolute atomic E-state index is 0.513. The summed E-state index contributed by atoms with van der Waals surface area (Å²) in [5, 5.41) is 4.07. The Hall–Kier alpha value is -1.49. The fourth-order valence-corrected chi connectivity index (χ4v) is 4.17. The molecule has 0 aliphatic rings. The molecule has 0 heterocycles. The molecule has 134 valence electrons.